The highest BCUT2D eigenvalue weighted by molar-refractivity contribution is 7.22. The van der Waals surface area contributed by atoms with Gasteiger partial charge in [-0.2, -0.15) is 0 Å². The van der Waals surface area contributed by atoms with E-state index in [1.807, 2.05) is 18.2 Å². The van der Waals surface area contributed by atoms with Crippen molar-refractivity contribution < 1.29 is 9.53 Å². The van der Waals surface area contributed by atoms with Crippen LogP contribution >= 0.6 is 11.3 Å². The van der Waals surface area contributed by atoms with Crippen LogP contribution in [0.2, 0.25) is 0 Å². The predicted octanol–water partition coefficient (Wildman–Crippen LogP) is 2.35. The molecule has 2 fully saturated rings. The molecule has 0 spiro atoms. The molecule has 0 bridgehead atoms. The molecule has 2 aliphatic rings. The monoisotopic (exact) mass is 374 g/mol. The first-order chi connectivity index (χ1) is 12.8. The lowest BCUT2D eigenvalue weighted by atomic mass is 10.1. The number of benzene rings is 1. The average Bonchev–Trinajstić information content (AvgIpc) is 3.13. The minimum absolute atomic E-state index is 0.00641. The Hall–Kier alpha value is -1.70. The molecular weight excluding hydrogens is 348 g/mol. The summed E-state index contributed by atoms with van der Waals surface area (Å²) in [6.45, 7) is 7.19. The molecule has 7 heteroatoms. The number of piperidine rings is 1. The topological polar surface area (TPSA) is 57.7 Å². The molecule has 2 aliphatic heterocycles. The van der Waals surface area contributed by atoms with Gasteiger partial charge in [0.2, 0.25) is 0 Å². The SMILES string of the molecule is O=C(NCCN1CCOCC1)c1ccc2nc(N3CCCCC3)sc2c1. The van der Waals surface area contributed by atoms with Gasteiger partial charge in [0.05, 0.1) is 23.4 Å². The third kappa shape index (κ3) is 4.16. The molecule has 1 N–H and O–H groups in total. The van der Waals surface area contributed by atoms with Gasteiger partial charge in [-0.25, -0.2) is 4.98 Å². The molecule has 1 amide bonds. The quantitative estimate of drug-likeness (QED) is 0.871. The number of nitrogens with zero attached hydrogens (tertiary/aromatic N) is 3. The Morgan fingerprint density at radius 2 is 1.96 bits per heavy atom. The Morgan fingerprint density at radius 3 is 2.77 bits per heavy atom. The summed E-state index contributed by atoms with van der Waals surface area (Å²) >= 11 is 1.69. The number of morpholine rings is 1. The Balaban J connectivity index is 1.37. The number of rotatable bonds is 5. The van der Waals surface area contributed by atoms with Crippen molar-refractivity contribution in [3.05, 3.63) is 23.8 Å². The molecule has 3 heterocycles. The number of thiazole rings is 1. The number of carbonyl (C=O) groups is 1. The lowest BCUT2D eigenvalue weighted by molar-refractivity contribution is 0.0383. The van der Waals surface area contributed by atoms with Gasteiger partial charge in [0.1, 0.15) is 0 Å². The van der Waals surface area contributed by atoms with Crippen LogP contribution in [-0.2, 0) is 4.74 Å². The summed E-state index contributed by atoms with van der Waals surface area (Å²) in [5.41, 5.74) is 1.70. The van der Waals surface area contributed by atoms with E-state index in [4.69, 9.17) is 9.72 Å². The number of ether oxygens (including phenoxy) is 1. The van der Waals surface area contributed by atoms with Crippen molar-refractivity contribution in [1.82, 2.24) is 15.2 Å². The molecule has 0 atom stereocenters. The van der Waals surface area contributed by atoms with Crippen LogP contribution in [-0.4, -0.2) is 68.3 Å². The summed E-state index contributed by atoms with van der Waals surface area (Å²) in [6.07, 6.45) is 3.80. The zero-order valence-electron chi connectivity index (χ0n) is 15.1. The molecule has 0 saturated carbocycles. The number of carbonyl (C=O) groups excluding carboxylic acids is 1. The normalized spacial score (nSPS) is 19.0. The number of amides is 1. The van der Waals surface area contributed by atoms with Gasteiger partial charge in [0, 0.05) is 44.8 Å². The molecule has 1 aromatic heterocycles. The molecule has 140 valence electrons. The first kappa shape index (κ1) is 17.7. The van der Waals surface area contributed by atoms with Crippen LogP contribution < -0.4 is 10.2 Å². The van der Waals surface area contributed by atoms with E-state index < -0.39 is 0 Å². The number of hydrogen-bond donors (Lipinski definition) is 1. The minimum Gasteiger partial charge on any atom is -0.379 e. The number of anilines is 1. The lowest BCUT2D eigenvalue weighted by Crippen LogP contribution is -2.41. The van der Waals surface area contributed by atoms with Crippen molar-refractivity contribution in [3.8, 4) is 0 Å². The van der Waals surface area contributed by atoms with Crippen molar-refractivity contribution in [2.75, 3.05) is 57.4 Å². The highest BCUT2D eigenvalue weighted by atomic mass is 32.1. The van der Waals surface area contributed by atoms with E-state index in [1.165, 1.54) is 19.3 Å². The number of aromatic nitrogens is 1. The Labute approximate surface area is 158 Å². The molecule has 6 nitrogen and oxygen atoms in total. The highest BCUT2D eigenvalue weighted by Gasteiger charge is 2.16. The van der Waals surface area contributed by atoms with E-state index in [0.717, 1.165) is 61.3 Å². The summed E-state index contributed by atoms with van der Waals surface area (Å²) in [7, 11) is 0. The van der Waals surface area contributed by atoms with E-state index >= 15 is 0 Å². The van der Waals surface area contributed by atoms with E-state index in [1.54, 1.807) is 11.3 Å². The van der Waals surface area contributed by atoms with Gasteiger partial charge in [-0.1, -0.05) is 11.3 Å². The smallest absolute Gasteiger partial charge is 0.251 e. The van der Waals surface area contributed by atoms with E-state index in [2.05, 4.69) is 15.1 Å². The van der Waals surface area contributed by atoms with Crippen molar-refractivity contribution in [3.63, 3.8) is 0 Å². The van der Waals surface area contributed by atoms with Crippen molar-refractivity contribution in [2.24, 2.45) is 0 Å². The third-order valence-electron chi connectivity index (χ3n) is 5.08. The van der Waals surface area contributed by atoms with Gasteiger partial charge >= 0.3 is 0 Å². The maximum absolute atomic E-state index is 12.5. The standard InChI is InChI=1S/C19H26N4O2S/c24-18(20-6-9-22-10-12-25-13-11-22)15-4-5-16-17(14-15)26-19(21-16)23-7-2-1-3-8-23/h4-5,14H,1-3,6-13H2,(H,20,24). The van der Waals surface area contributed by atoms with Crippen LogP contribution in [0.4, 0.5) is 5.13 Å². The minimum atomic E-state index is -0.00641. The Kier molecular flexibility index (Phi) is 5.67. The number of nitrogens with one attached hydrogen (secondary N) is 1. The predicted molar refractivity (Wildman–Crippen MR) is 105 cm³/mol. The molecule has 2 saturated heterocycles. The van der Waals surface area contributed by atoms with Crippen LogP contribution in [0.25, 0.3) is 10.2 Å². The second-order valence-electron chi connectivity index (χ2n) is 6.94. The molecular formula is C19H26N4O2S. The molecule has 2 aromatic rings. The van der Waals surface area contributed by atoms with Crippen molar-refractivity contribution >= 4 is 32.6 Å². The third-order valence-corrected chi connectivity index (χ3v) is 6.16. The zero-order chi connectivity index (χ0) is 17.8. The average molecular weight is 375 g/mol. The van der Waals surface area contributed by atoms with Gasteiger partial charge in [-0.3, -0.25) is 9.69 Å². The van der Waals surface area contributed by atoms with Crippen LogP contribution in [0.15, 0.2) is 18.2 Å². The van der Waals surface area contributed by atoms with E-state index in [0.29, 0.717) is 12.1 Å². The molecule has 0 radical (unpaired) electrons. The fourth-order valence-electron chi connectivity index (χ4n) is 3.53. The van der Waals surface area contributed by atoms with Crippen LogP contribution in [0.1, 0.15) is 29.6 Å². The summed E-state index contributed by atoms with van der Waals surface area (Å²) in [5.74, 6) is -0.00641. The van der Waals surface area contributed by atoms with Gasteiger partial charge in [0.15, 0.2) is 5.13 Å². The molecule has 0 unspecified atom stereocenters. The highest BCUT2D eigenvalue weighted by Crippen LogP contribution is 2.31. The fraction of sp³-hybridized carbons (Fsp3) is 0.579. The molecule has 1 aromatic carbocycles. The van der Waals surface area contributed by atoms with Gasteiger partial charge in [-0.15, -0.1) is 0 Å². The van der Waals surface area contributed by atoms with Crippen LogP contribution in [0.5, 0.6) is 0 Å². The van der Waals surface area contributed by atoms with Crippen molar-refractivity contribution in [1.29, 1.82) is 0 Å². The molecule has 4 rings (SSSR count). The summed E-state index contributed by atoms with van der Waals surface area (Å²) in [5, 5.41) is 4.12. The second-order valence-corrected chi connectivity index (χ2v) is 7.95. The molecule has 0 aliphatic carbocycles. The first-order valence-corrected chi connectivity index (χ1v) is 10.3. The summed E-state index contributed by atoms with van der Waals surface area (Å²) in [6, 6.07) is 5.83. The van der Waals surface area contributed by atoms with E-state index in [-0.39, 0.29) is 5.91 Å². The summed E-state index contributed by atoms with van der Waals surface area (Å²) < 4.78 is 6.44. The molecule has 26 heavy (non-hydrogen) atoms. The maximum Gasteiger partial charge on any atom is 0.251 e. The second kappa shape index (κ2) is 8.33. The summed E-state index contributed by atoms with van der Waals surface area (Å²) in [4.78, 5) is 21.9. The zero-order valence-corrected chi connectivity index (χ0v) is 15.9. The Morgan fingerprint density at radius 1 is 1.15 bits per heavy atom. The van der Waals surface area contributed by atoms with Crippen LogP contribution in [0.3, 0.4) is 0 Å². The Bertz CT molecular complexity index is 751. The number of hydrogen-bond acceptors (Lipinski definition) is 6. The van der Waals surface area contributed by atoms with E-state index in [9.17, 15) is 4.79 Å². The van der Waals surface area contributed by atoms with Crippen molar-refractivity contribution in [2.45, 2.75) is 19.3 Å². The maximum atomic E-state index is 12.5. The van der Waals surface area contributed by atoms with Crippen LogP contribution in [0, 0.1) is 0 Å². The first-order valence-electron chi connectivity index (χ1n) is 9.53. The largest absolute Gasteiger partial charge is 0.379 e. The fourth-order valence-corrected chi connectivity index (χ4v) is 4.59. The van der Waals surface area contributed by atoms with Gasteiger partial charge < -0.3 is 15.0 Å². The van der Waals surface area contributed by atoms with Gasteiger partial charge in [0.25, 0.3) is 5.91 Å². The van der Waals surface area contributed by atoms with Gasteiger partial charge in [-0.05, 0) is 37.5 Å². The lowest BCUT2D eigenvalue weighted by Gasteiger charge is -2.26. The number of fused-ring (bicyclic) bond motifs is 1.